The number of carboxylic acid groups (broad SMARTS) is 1. The molecular weight excluding hydrogens is 252 g/mol. The second kappa shape index (κ2) is 7.27. The Hall–Kier alpha value is -1.58. The molecule has 0 bridgehead atoms. The third-order valence-corrected chi connectivity index (χ3v) is 3.46. The molecular formula is C16H26N2O2. The van der Waals surface area contributed by atoms with E-state index in [2.05, 4.69) is 31.1 Å². The monoisotopic (exact) mass is 278 g/mol. The lowest BCUT2D eigenvalue weighted by Gasteiger charge is -2.25. The van der Waals surface area contributed by atoms with Crippen LogP contribution in [0.2, 0.25) is 0 Å². The van der Waals surface area contributed by atoms with Gasteiger partial charge in [0.05, 0.1) is 0 Å². The first-order valence-electron chi connectivity index (χ1n) is 7.30. The molecule has 112 valence electrons. The molecule has 0 aliphatic carbocycles. The zero-order valence-corrected chi connectivity index (χ0v) is 13.0. The van der Waals surface area contributed by atoms with Gasteiger partial charge in [-0.05, 0) is 30.9 Å². The highest BCUT2D eigenvalue weighted by Crippen LogP contribution is 2.25. The maximum atomic E-state index is 11.2. The second-order valence-electron chi connectivity index (χ2n) is 6.13. The Labute approximate surface area is 121 Å². The molecule has 20 heavy (non-hydrogen) atoms. The Bertz CT molecular complexity index is 456. The van der Waals surface area contributed by atoms with Gasteiger partial charge in [0.15, 0.2) is 0 Å². The number of anilines is 1. The summed E-state index contributed by atoms with van der Waals surface area (Å²) in [6.07, 6.45) is 4.79. The molecule has 0 amide bonds. The average molecular weight is 278 g/mol. The summed E-state index contributed by atoms with van der Waals surface area (Å²) in [5.74, 6) is -0.468. The van der Waals surface area contributed by atoms with Crippen molar-refractivity contribution in [2.45, 2.75) is 53.4 Å². The van der Waals surface area contributed by atoms with Crippen molar-refractivity contribution in [3.05, 3.63) is 23.4 Å². The minimum Gasteiger partial charge on any atom is -0.478 e. The molecule has 0 aromatic carbocycles. The summed E-state index contributed by atoms with van der Waals surface area (Å²) in [7, 11) is 0. The number of carboxylic acids is 1. The van der Waals surface area contributed by atoms with Crippen molar-refractivity contribution in [1.29, 1.82) is 0 Å². The van der Waals surface area contributed by atoms with E-state index in [9.17, 15) is 9.90 Å². The van der Waals surface area contributed by atoms with Gasteiger partial charge < -0.3 is 10.4 Å². The first-order chi connectivity index (χ1) is 9.35. The third kappa shape index (κ3) is 5.19. The molecule has 0 radical (unpaired) electrons. The van der Waals surface area contributed by atoms with Crippen molar-refractivity contribution < 1.29 is 9.90 Å². The highest BCUT2D eigenvalue weighted by Gasteiger charge is 2.19. The molecule has 1 aromatic rings. The van der Waals surface area contributed by atoms with Crippen molar-refractivity contribution in [3.63, 3.8) is 0 Å². The highest BCUT2D eigenvalue weighted by molar-refractivity contribution is 5.93. The van der Waals surface area contributed by atoms with Crippen LogP contribution >= 0.6 is 0 Å². The molecule has 0 fully saturated rings. The van der Waals surface area contributed by atoms with Gasteiger partial charge in [-0.25, -0.2) is 9.78 Å². The fourth-order valence-electron chi connectivity index (χ4n) is 2.13. The van der Waals surface area contributed by atoms with Crippen LogP contribution in [-0.2, 0) is 0 Å². The van der Waals surface area contributed by atoms with Crippen LogP contribution in [0.15, 0.2) is 12.1 Å². The molecule has 1 rings (SSSR count). The van der Waals surface area contributed by atoms with Crippen LogP contribution in [0.25, 0.3) is 0 Å². The summed E-state index contributed by atoms with van der Waals surface area (Å²) in [6, 6.07) is 3.33. The smallest absolute Gasteiger partial charge is 0.339 e. The molecule has 0 saturated carbocycles. The van der Waals surface area contributed by atoms with E-state index in [0.717, 1.165) is 18.7 Å². The normalized spacial score (nSPS) is 11.4. The minimum atomic E-state index is -0.941. The van der Waals surface area contributed by atoms with E-state index in [1.807, 2.05) is 6.92 Å². The predicted molar refractivity (Wildman–Crippen MR) is 82.3 cm³/mol. The van der Waals surface area contributed by atoms with Crippen molar-refractivity contribution in [2.75, 3.05) is 11.9 Å². The maximum Gasteiger partial charge on any atom is 0.339 e. The maximum absolute atomic E-state index is 11.2. The Morgan fingerprint density at radius 1 is 1.35 bits per heavy atom. The number of hydrogen-bond acceptors (Lipinski definition) is 3. The molecule has 4 nitrogen and oxygen atoms in total. The number of nitrogens with zero attached hydrogens (tertiary/aromatic N) is 1. The Balaban J connectivity index is 2.68. The average Bonchev–Trinajstić information content (AvgIpc) is 2.36. The number of hydrogen-bond donors (Lipinski definition) is 2. The molecule has 1 heterocycles. The number of aromatic carboxylic acids is 1. The van der Waals surface area contributed by atoms with Crippen LogP contribution in [-0.4, -0.2) is 22.6 Å². The fourth-order valence-corrected chi connectivity index (χ4v) is 2.13. The van der Waals surface area contributed by atoms with E-state index in [4.69, 9.17) is 0 Å². The van der Waals surface area contributed by atoms with Gasteiger partial charge >= 0.3 is 5.97 Å². The van der Waals surface area contributed by atoms with Gasteiger partial charge in [0, 0.05) is 12.2 Å². The lowest BCUT2D eigenvalue weighted by Crippen LogP contribution is -2.24. The van der Waals surface area contributed by atoms with Gasteiger partial charge in [0.2, 0.25) is 0 Å². The van der Waals surface area contributed by atoms with Gasteiger partial charge in [-0.1, -0.05) is 40.0 Å². The Morgan fingerprint density at radius 3 is 2.65 bits per heavy atom. The number of unbranched alkanes of at least 4 members (excludes halogenated alkanes) is 2. The van der Waals surface area contributed by atoms with Crippen LogP contribution in [0, 0.1) is 12.3 Å². The molecule has 4 heteroatoms. The second-order valence-corrected chi connectivity index (χ2v) is 6.13. The first kappa shape index (κ1) is 16.5. The molecule has 1 aromatic heterocycles. The van der Waals surface area contributed by atoms with Crippen LogP contribution in [0.5, 0.6) is 0 Å². The molecule has 0 saturated heterocycles. The van der Waals surface area contributed by atoms with Crippen LogP contribution in [0.1, 0.15) is 62.5 Å². The van der Waals surface area contributed by atoms with Crippen LogP contribution in [0.3, 0.4) is 0 Å². The zero-order valence-electron chi connectivity index (χ0n) is 13.0. The van der Waals surface area contributed by atoms with E-state index >= 15 is 0 Å². The summed E-state index contributed by atoms with van der Waals surface area (Å²) >= 11 is 0. The molecule has 2 N–H and O–H groups in total. The molecule has 0 unspecified atom stereocenters. The van der Waals surface area contributed by atoms with E-state index < -0.39 is 5.97 Å². The van der Waals surface area contributed by atoms with Gasteiger partial charge in [-0.2, -0.15) is 0 Å². The molecule has 0 atom stereocenters. The first-order valence-corrected chi connectivity index (χ1v) is 7.30. The van der Waals surface area contributed by atoms with Gasteiger partial charge in [0.25, 0.3) is 0 Å². The summed E-state index contributed by atoms with van der Waals surface area (Å²) in [5, 5.41) is 12.4. The van der Waals surface area contributed by atoms with Crippen molar-refractivity contribution in [2.24, 2.45) is 5.41 Å². The molecule has 0 aliphatic heterocycles. The van der Waals surface area contributed by atoms with Crippen molar-refractivity contribution >= 4 is 11.8 Å². The number of aromatic nitrogens is 1. The summed E-state index contributed by atoms with van der Waals surface area (Å²) in [6.45, 7) is 9.19. The third-order valence-electron chi connectivity index (χ3n) is 3.46. The van der Waals surface area contributed by atoms with Gasteiger partial charge in [0.1, 0.15) is 11.4 Å². The Kier molecular flexibility index (Phi) is 5.99. The van der Waals surface area contributed by atoms with Gasteiger partial charge in [-0.15, -0.1) is 0 Å². The summed E-state index contributed by atoms with van der Waals surface area (Å²) in [4.78, 5) is 15.5. The Morgan fingerprint density at radius 2 is 2.05 bits per heavy atom. The number of nitrogens with one attached hydrogen (secondary N) is 1. The SMILES string of the molecule is CCCCCC(C)(C)CNc1nc(C)ccc1C(=O)O. The minimum absolute atomic E-state index is 0.135. The quantitative estimate of drug-likeness (QED) is 0.703. The number of pyridine rings is 1. The summed E-state index contributed by atoms with van der Waals surface area (Å²) in [5.41, 5.74) is 1.19. The van der Waals surface area contributed by atoms with Crippen LogP contribution < -0.4 is 5.32 Å². The van der Waals surface area contributed by atoms with E-state index in [1.165, 1.54) is 19.3 Å². The van der Waals surface area contributed by atoms with E-state index in [0.29, 0.717) is 5.82 Å². The van der Waals surface area contributed by atoms with E-state index in [1.54, 1.807) is 12.1 Å². The lowest BCUT2D eigenvalue weighted by atomic mass is 9.87. The standard InChI is InChI=1S/C16H26N2O2/c1-5-6-7-10-16(3,4)11-17-14-13(15(19)20)9-8-12(2)18-14/h8-9H,5-7,10-11H2,1-4H3,(H,17,18)(H,19,20). The van der Waals surface area contributed by atoms with E-state index in [-0.39, 0.29) is 11.0 Å². The number of rotatable bonds is 8. The van der Waals surface area contributed by atoms with Crippen molar-refractivity contribution in [3.8, 4) is 0 Å². The van der Waals surface area contributed by atoms with Gasteiger partial charge in [-0.3, -0.25) is 0 Å². The predicted octanol–water partition coefficient (Wildman–Crippen LogP) is 4.11. The highest BCUT2D eigenvalue weighted by atomic mass is 16.4. The number of carbonyl (C=O) groups is 1. The fraction of sp³-hybridized carbons (Fsp3) is 0.625. The van der Waals surface area contributed by atoms with Crippen LogP contribution in [0.4, 0.5) is 5.82 Å². The molecule has 0 aliphatic rings. The number of aryl methyl sites for hydroxylation is 1. The zero-order chi connectivity index (χ0) is 15.2. The summed E-state index contributed by atoms with van der Waals surface area (Å²) < 4.78 is 0. The largest absolute Gasteiger partial charge is 0.478 e. The lowest BCUT2D eigenvalue weighted by molar-refractivity contribution is 0.0697. The van der Waals surface area contributed by atoms with Crippen molar-refractivity contribution in [1.82, 2.24) is 4.98 Å². The molecule has 0 spiro atoms. The topological polar surface area (TPSA) is 62.2 Å².